The molecule has 3 N–H and O–H groups in total. The molecule has 0 saturated carbocycles. The Labute approximate surface area is 217 Å². The molecule has 2 aromatic carbocycles. The van der Waals surface area contributed by atoms with E-state index in [2.05, 4.69) is 16.0 Å². The molecule has 0 aliphatic rings. The van der Waals surface area contributed by atoms with E-state index in [4.69, 9.17) is 14.2 Å². The number of alkyl carbamates (subject to hydrolysis) is 2. The summed E-state index contributed by atoms with van der Waals surface area (Å²) in [4.78, 5) is 49.9. The Morgan fingerprint density at radius 2 is 1.41 bits per heavy atom. The van der Waals surface area contributed by atoms with Crippen LogP contribution in [0.25, 0.3) is 0 Å². The van der Waals surface area contributed by atoms with E-state index in [-0.39, 0.29) is 26.0 Å². The van der Waals surface area contributed by atoms with E-state index in [9.17, 15) is 19.2 Å². The molecular weight excluding hydrogens is 478 g/mol. The Morgan fingerprint density at radius 1 is 0.811 bits per heavy atom. The molecule has 0 aromatic heterocycles. The van der Waals surface area contributed by atoms with Crippen LogP contribution in [-0.4, -0.2) is 55.4 Å². The molecule has 2 rings (SSSR count). The number of carbonyl (C=O) groups excluding carboxylic acids is 4. The lowest BCUT2D eigenvalue weighted by Gasteiger charge is -2.25. The van der Waals surface area contributed by atoms with Crippen LogP contribution in [0.2, 0.25) is 0 Å². The van der Waals surface area contributed by atoms with Crippen LogP contribution in [0.4, 0.5) is 9.59 Å². The molecule has 10 heteroatoms. The summed E-state index contributed by atoms with van der Waals surface area (Å²) in [5.41, 5.74) is 0.878. The van der Waals surface area contributed by atoms with Crippen molar-refractivity contribution < 1.29 is 33.4 Å². The molecule has 0 heterocycles. The van der Waals surface area contributed by atoms with Gasteiger partial charge in [-0.05, 0) is 38.3 Å². The van der Waals surface area contributed by atoms with Gasteiger partial charge >= 0.3 is 18.2 Å². The summed E-state index contributed by atoms with van der Waals surface area (Å²) in [7, 11) is 1.20. The van der Waals surface area contributed by atoms with Gasteiger partial charge in [0.1, 0.15) is 24.3 Å². The highest BCUT2D eigenvalue weighted by Gasteiger charge is 2.29. The number of benzene rings is 2. The summed E-state index contributed by atoms with van der Waals surface area (Å²) in [5.74, 6) is -1.29. The third kappa shape index (κ3) is 11.5. The molecule has 37 heavy (non-hydrogen) atoms. The van der Waals surface area contributed by atoms with E-state index < -0.39 is 41.7 Å². The fourth-order valence-electron chi connectivity index (χ4n) is 3.27. The number of nitrogens with one attached hydrogen (secondary N) is 3. The summed E-state index contributed by atoms with van der Waals surface area (Å²) >= 11 is 0. The van der Waals surface area contributed by atoms with Crippen molar-refractivity contribution in [1.82, 2.24) is 16.0 Å². The van der Waals surface area contributed by atoms with Crippen molar-refractivity contribution in [2.75, 3.05) is 13.7 Å². The average Bonchev–Trinajstić information content (AvgIpc) is 2.86. The maximum absolute atomic E-state index is 13.1. The average molecular weight is 514 g/mol. The zero-order chi connectivity index (χ0) is 27.3. The molecule has 0 spiro atoms. The summed E-state index contributed by atoms with van der Waals surface area (Å²) in [6, 6.07) is 16.2. The van der Waals surface area contributed by atoms with Crippen molar-refractivity contribution >= 4 is 24.1 Å². The number of methoxy groups -OCH3 is 1. The third-order valence-electron chi connectivity index (χ3n) is 5.01. The van der Waals surface area contributed by atoms with Crippen molar-refractivity contribution in [3.8, 4) is 0 Å². The lowest BCUT2D eigenvalue weighted by molar-refractivity contribution is -0.145. The standard InChI is InChI=1S/C27H35N3O7/c1-27(2,3)37-26(34)30-22(17-19-11-7-5-8-12-19)23(31)29-21(24(32)35-4)15-16-28-25(33)36-18-20-13-9-6-10-14-20/h5-14,21-22H,15-18H2,1-4H3,(H,28,33)(H,29,31)(H,30,34)/t21-,22-/m0/s1. The summed E-state index contributed by atoms with van der Waals surface area (Å²) in [5, 5.41) is 7.74. The molecule has 0 aliphatic heterocycles. The van der Waals surface area contributed by atoms with Gasteiger partial charge in [-0.1, -0.05) is 60.7 Å². The van der Waals surface area contributed by atoms with Crippen LogP contribution >= 0.6 is 0 Å². The number of ether oxygens (including phenoxy) is 3. The van der Waals surface area contributed by atoms with Crippen LogP contribution in [0.3, 0.4) is 0 Å². The molecule has 0 aliphatic carbocycles. The fourth-order valence-corrected chi connectivity index (χ4v) is 3.27. The van der Waals surface area contributed by atoms with Crippen molar-refractivity contribution in [2.24, 2.45) is 0 Å². The van der Waals surface area contributed by atoms with Gasteiger partial charge in [-0.15, -0.1) is 0 Å². The quantitative estimate of drug-likeness (QED) is 0.311. The summed E-state index contributed by atoms with van der Waals surface area (Å²) in [6.07, 6.45) is -1.21. The lowest BCUT2D eigenvalue weighted by Crippen LogP contribution is -2.53. The van der Waals surface area contributed by atoms with Crippen LogP contribution in [0.1, 0.15) is 38.3 Å². The van der Waals surface area contributed by atoms with Gasteiger partial charge in [0.05, 0.1) is 7.11 Å². The van der Waals surface area contributed by atoms with Crippen LogP contribution in [0.15, 0.2) is 60.7 Å². The van der Waals surface area contributed by atoms with Crippen LogP contribution in [-0.2, 0) is 36.8 Å². The lowest BCUT2D eigenvalue weighted by atomic mass is 10.0. The van der Waals surface area contributed by atoms with Gasteiger partial charge in [0.15, 0.2) is 0 Å². The Hall–Kier alpha value is -4.08. The number of esters is 1. The van der Waals surface area contributed by atoms with Gasteiger partial charge in [-0.2, -0.15) is 0 Å². The molecule has 0 radical (unpaired) electrons. The van der Waals surface area contributed by atoms with E-state index in [1.165, 1.54) is 7.11 Å². The zero-order valence-electron chi connectivity index (χ0n) is 21.6. The van der Waals surface area contributed by atoms with Gasteiger partial charge in [-0.3, -0.25) is 4.79 Å². The second kappa shape index (κ2) is 14.5. The molecule has 0 bridgehead atoms. The highest BCUT2D eigenvalue weighted by atomic mass is 16.6. The van der Waals surface area contributed by atoms with E-state index in [1.54, 1.807) is 20.8 Å². The van der Waals surface area contributed by atoms with Crippen molar-refractivity contribution in [1.29, 1.82) is 0 Å². The van der Waals surface area contributed by atoms with Gasteiger partial charge < -0.3 is 30.2 Å². The molecule has 2 atom stereocenters. The third-order valence-corrected chi connectivity index (χ3v) is 5.01. The summed E-state index contributed by atoms with van der Waals surface area (Å²) in [6.45, 7) is 5.27. The predicted molar refractivity (Wildman–Crippen MR) is 136 cm³/mol. The number of hydrogen-bond donors (Lipinski definition) is 3. The first-order chi connectivity index (χ1) is 17.6. The van der Waals surface area contributed by atoms with Gasteiger partial charge in [0.2, 0.25) is 5.91 Å². The number of carbonyl (C=O) groups is 4. The van der Waals surface area contributed by atoms with Crippen molar-refractivity contribution in [3.63, 3.8) is 0 Å². The molecule has 3 amide bonds. The van der Waals surface area contributed by atoms with Crippen LogP contribution < -0.4 is 16.0 Å². The number of amides is 3. The Morgan fingerprint density at radius 3 is 1.97 bits per heavy atom. The van der Waals surface area contributed by atoms with E-state index in [1.807, 2.05) is 60.7 Å². The Balaban J connectivity index is 1.98. The maximum Gasteiger partial charge on any atom is 0.408 e. The molecule has 200 valence electrons. The van der Waals surface area contributed by atoms with E-state index in [0.717, 1.165) is 11.1 Å². The number of hydrogen-bond acceptors (Lipinski definition) is 7. The van der Waals surface area contributed by atoms with Gasteiger partial charge in [-0.25, -0.2) is 14.4 Å². The zero-order valence-corrected chi connectivity index (χ0v) is 21.6. The smallest absolute Gasteiger partial charge is 0.408 e. The maximum atomic E-state index is 13.1. The van der Waals surface area contributed by atoms with E-state index in [0.29, 0.717) is 0 Å². The van der Waals surface area contributed by atoms with Gasteiger partial charge in [0.25, 0.3) is 0 Å². The van der Waals surface area contributed by atoms with Crippen LogP contribution in [0, 0.1) is 0 Å². The highest BCUT2D eigenvalue weighted by Crippen LogP contribution is 2.09. The first kappa shape index (κ1) is 29.2. The SMILES string of the molecule is COC(=O)[C@H](CCNC(=O)OCc1ccccc1)NC(=O)[C@H](Cc1ccccc1)NC(=O)OC(C)(C)C. The highest BCUT2D eigenvalue weighted by molar-refractivity contribution is 5.90. The molecule has 10 nitrogen and oxygen atoms in total. The fraction of sp³-hybridized carbons (Fsp3) is 0.407. The van der Waals surface area contributed by atoms with E-state index >= 15 is 0 Å². The number of rotatable bonds is 11. The molecule has 0 unspecified atom stereocenters. The molecule has 0 saturated heterocycles. The molecule has 0 fully saturated rings. The molecule has 2 aromatic rings. The predicted octanol–water partition coefficient (Wildman–Crippen LogP) is 3.10. The monoisotopic (exact) mass is 513 g/mol. The van der Waals surface area contributed by atoms with Crippen LogP contribution in [0.5, 0.6) is 0 Å². The minimum atomic E-state index is -1.06. The van der Waals surface area contributed by atoms with Gasteiger partial charge in [0, 0.05) is 13.0 Å². The normalized spacial score (nSPS) is 12.4. The minimum absolute atomic E-state index is 0.0382. The summed E-state index contributed by atoms with van der Waals surface area (Å²) < 4.78 is 15.3. The topological polar surface area (TPSA) is 132 Å². The largest absolute Gasteiger partial charge is 0.467 e. The minimum Gasteiger partial charge on any atom is -0.467 e. The second-order valence-electron chi connectivity index (χ2n) is 9.25. The molecular formula is C27H35N3O7. The second-order valence-corrected chi connectivity index (χ2v) is 9.25. The van der Waals surface area contributed by atoms with Crippen molar-refractivity contribution in [2.45, 2.75) is 57.9 Å². The van der Waals surface area contributed by atoms with Crippen molar-refractivity contribution in [3.05, 3.63) is 71.8 Å². The first-order valence-electron chi connectivity index (χ1n) is 11.9. The Kier molecular flexibility index (Phi) is 11.4. The Bertz CT molecular complexity index is 1020. The first-order valence-corrected chi connectivity index (χ1v) is 11.9.